The molecule has 0 aliphatic carbocycles. The Morgan fingerprint density at radius 1 is 1.33 bits per heavy atom. The van der Waals surface area contributed by atoms with Gasteiger partial charge >= 0.3 is 0 Å². The minimum Gasteiger partial charge on any atom is -0.346 e. The molecule has 0 spiro atoms. The number of anilines is 1. The monoisotopic (exact) mass is 228 g/mol. The van der Waals surface area contributed by atoms with E-state index in [4.69, 9.17) is 0 Å². The van der Waals surface area contributed by atoms with Gasteiger partial charge in [-0.25, -0.2) is 4.98 Å². The third-order valence-corrected chi connectivity index (χ3v) is 2.98. The minimum atomic E-state index is 0.919. The second-order valence-electron chi connectivity index (χ2n) is 3.44. The van der Waals surface area contributed by atoms with Crippen LogP contribution in [0.25, 0.3) is 0 Å². The van der Waals surface area contributed by atoms with E-state index in [1.54, 1.807) is 0 Å². The van der Waals surface area contributed by atoms with Gasteiger partial charge in [-0.15, -0.1) is 0 Å². The highest BCUT2D eigenvalue weighted by molar-refractivity contribution is 7.09. The zero-order valence-corrected chi connectivity index (χ0v) is 10.6. The van der Waals surface area contributed by atoms with E-state index in [-0.39, 0.29) is 0 Å². The lowest BCUT2D eigenvalue weighted by Crippen LogP contribution is -2.31. The Bertz CT molecular complexity index is 274. The fourth-order valence-electron chi connectivity index (χ4n) is 1.34. The molecule has 0 amide bonds. The van der Waals surface area contributed by atoms with Gasteiger partial charge in [0.15, 0.2) is 0 Å². The van der Waals surface area contributed by atoms with Crippen molar-refractivity contribution in [1.82, 2.24) is 14.7 Å². The molecule has 0 radical (unpaired) electrons. The van der Waals surface area contributed by atoms with Crippen LogP contribution >= 0.6 is 11.5 Å². The number of hydrogen-bond acceptors (Lipinski definition) is 5. The second-order valence-corrected chi connectivity index (χ2v) is 4.17. The van der Waals surface area contributed by atoms with Gasteiger partial charge < -0.3 is 10.2 Å². The quantitative estimate of drug-likeness (QED) is 0.768. The van der Waals surface area contributed by atoms with Crippen LogP contribution in [0.4, 0.5) is 5.13 Å². The van der Waals surface area contributed by atoms with Crippen molar-refractivity contribution in [1.29, 1.82) is 0 Å². The molecule has 5 heteroatoms. The zero-order valence-electron chi connectivity index (χ0n) is 9.79. The molecule has 0 bridgehead atoms. The van der Waals surface area contributed by atoms with E-state index in [1.165, 1.54) is 11.5 Å². The molecular weight excluding hydrogens is 208 g/mol. The molecule has 4 nitrogen and oxygen atoms in total. The molecule has 1 aromatic rings. The van der Waals surface area contributed by atoms with Crippen LogP contribution in [-0.2, 0) is 6.42 Å². The molecule has 1 heterocycles. The molecule has 86 valence electrons. The molecule has 0 aliphatic heterocycles. The summed E-state index contributed by atoms with van der Waals surface area (Å²) in [6.07, 6.45) is 2.06. The standard InChI is InChI=1S/C10H20N4S/c1-4-7-14(8-6-11-3)10-12-9(5-2)13-15-10/h11H,4-8H2,1-3H3. The van der Waals surface area contributed by atoms with Gasteiger partial charge in [-0.05, 0) is 13.5 Å². The second kappa shape index (κ2) is 6.74. The lowest BCUT2D eigenvalue weighted by atomic mass is 10.4. The van der Waals surface area contributed by atoms with Crippen molar-refractivity contribution in [3.8, 4) is 0 Å². The molecule has 1 rings (SSSR count). The average molecular weight is 228 g/mol. The zero-order chi connectivity index (χ0) is 11.1. The Balaban J connectivity index is 2.60. The summed E-state index contributed by atoms with van der Waals surface area (Å²) in [5, 5.41) is 4.22. The molecule has 15 heavy (non-hydrogen) atoms. The van der Waals surface area contributed by atoms with E-state index < -0.39 is 0 Å². The highest BCUT2D eigenvalue weighted by atomic mass is 32.1. The van der Waals surface area contributed by atoms with Crippen molar-refractivity contribution in [2.75, 3.05) is 31.6 Å². The van der Waals surface area contributed by atoms with Crippen LogP contribution in [0.15, 0.2) is 0 Å². The number of hydrogen-bond donors (Lipinski definition) is 1. The predicted molar refractivity (Wildman–Crippen MR) is 65.7 cm³/mol. The Morgan fingerprint density at radius 2 is 2.13 bits per heavy atom. The first-order valence-corrected chi connectivity index (χ1v) is 6.31. The summed E-state index contributed by atoms with van der Waals surface area (Å²) >= 11 is 1.51. The lowest BCUT2D eigenvalue weighted by Gasteiger charge is -2.20. The van der Waals surface area contributed by atoms with E-state index in [0.29, 0.717) is 0 Å². The van der Waals surface area contributed by atoms with E-state index in [1.807, 2.05) is 7.05 Å². The van der Waals surface area contributed by atoms with Crippen LogP contribution in [0, 0.1) is 0 Å². The van der Waals surface area contributed by atoms with Gasteiger partial charge in [0.05, 0.1) is 0 Å². The maximum atomic E-state index is 4.51. The van der Waals surface area contributed by atoms with Crippen molar-refractivity contribution >= 4 is 16.7 Å². The summed E-state index contributed by atoms with van der Waals surface area (Å²) in [6.45, 7) is 7.32. The SMILES string of the molecule is CCCN(CCNC)c1nc(CC)ns1. The van der Waals surface area contributed by atoms with E-state index in [9.17, 15) is 0 Å². The van der Waals surface area contributed by atoms with Crippen LogP contribution in [0.1, 0.15) is 26.1 Å². The fourth-order valence-corrected chi connectivity index (χ4v) is 2.14. The Hall–Kier alpha value is -0.680. The topological polar surface area (TPSA) is 41.0 Å². The first kappa shape index (κ1) is 12.4. The number of aryl methyl sites for hydroxylation is 1. The minimum absolute atomic E-state index is 0.919. The summed E-state index contributed by atoms with van der Waals surface area (Å²) in [6, 6.07) is 0. The van der Waals surface area contributed by atoms with Crippen molar-refractivity contribution < 1.29 is 0 Å². The first-order valence-electron chi connectivity index (χ1n) is 5.53. The van der Waals surface area contributed by atoms with Gasteiger partial charge in [0.1, 0.15) is 5.82 Å². The Morgan fingerprint density at radius 3 is 2.67 bits per heavy atom. The first-order chi connectivity index (χ1) is 7.31. The van der Waals surface area contributed by atoms with Crippen LogP contribution in [0.5, 0.6) is 0 Å². The number of nitrogens with one attached hydrogen (secondary N) is 1. The third kappa shape index (κ3) is 3.76. The van der Waals surface area contributed by atoms with Crippen molar-refractivity contribution in [2.45, 2.75) is 26.7 Å². The molecule has 1 N–H and O–H groups in total. The maximum Gasteiger partial charge on any atom is 0.205 e. The highest BCUT2D eigenvalue weighted by Gasteiger charge is 2.10. The molecule has 0 saturated heterocycles. The molecule has 0 aliphatic rings. The van der Waals surface area contributed by atoms with Crippen molar-refractivity contribution in [2.24, 2.45) is 0 Å². The number of likely N-dealkylation sites (N-methyl/N-ethyl adjacent to an activating group) is 1. The predicted octanol–water partition coefficient (Wildman–Crippen LogP) is 1.54. The van der Waals surface area contributed by atoms with Gasteiger partial charge in [-0.2, -0.15) is 4.37 Å². The summed E-state index contributed by atoms with van der Waals surface area (Å²) in [7, 11) is 1.97. The number of nitrogens with zero attached hydrogens (tertiary/aromatic N) is 3. The van der Waals surface area contributed by atoms with Gasteiger partial charge in [-0.1, -0.05) is 13.8 Å². The van der Waals surface area contributed by atoms with Gasteiger partial charge in [0, 0.05) is 37.6 Å². The van der Waals surface area contributed by atoms with Crippen LogP contribution < -0.4 is 10.2 Å². The van der Waals surface area contributed by atoms with Crippen LogP contribution in [0.3, 0.4) is 0 Å². The molecule has 0 aromatic carbocycles. The molecule has 1 aromatic heterocycles. The number of aromatic nitrogens is 2. The molecule has 0 saturated carbocycles. The van der Waals surface area contributed by atoms with Crippen molar-refractivity contribution in [3.63, 3.8) is 0 Å². The molecular formula is C10H20N4S. The maximum absolute atomic E-state index is 4.51. The Labute approximate surface area is 95.9 Å². The van der Waals surface area contributed by atoms with Gasteiger partial charge in [0.2, 0.25) is 5.13 Å². The van der Waals surface area contributed by atoms with Gasteiger partial charge in [0.25, 0.3) is 0 Å². The van der Waals surface area contributed by atoms with E-state index in [0.717, 1.165) is 43.4 Å². The Kier molecular flexibility index (Phi) is 5.57. The summed E-state index contributed by atoms with van der Waals surface area (Å²) < 4.78 is 4.31. The van der Waals surface area contributed by atoms with Gasteiger partial charge in [-0.3, -0.25) is 0 Å². The van der Waals surface area contributed by atoms with Crippen LogP contribution in [-0.4, -0.2) is 36.0 Å². The van der Waals surface area contributed by atoms with E-state index >= 15 is 0 Å². The van der Waals surface area contributed by atoms with Crippen molar-refractivity contribution in [3.05, 3.63) is 5.82 Å². The summed E-state index contributed by atoms with van der Waals surface area (Å²) in [4.78, 5) is 6.81. The average Bonchev–Trinajstić information content (AvgIpc) is 2.72. The molecule has 0 unspecified atom stereocenters. The normalized spacial score (nSPS) is 10.6. The molecule has 0 atom stereocenters. The molecule has 0 fully saturated rings. The summed E-state index contributed by atoms with van der Waals surface area (Å²) in [5.74, 6) is 0.959. The van der Waals surface area contributed by atoms with E-state index in [2.05, 4.69) is 33.4 Å². The highest BCUT2D eigenvalue weighted by Crippen LogP contribution is 2.17. The van der Waals surface area contributed by atoms with Crippen LogP contribution in [0.2, 0.25) is 0 Å². The third-order valence-electron chi connectivity index (χ3n) is 2.17. The fraction of sp³-hybridized carbons (Fsp3) is 0.800. The largest absolute Gasteiger partial charge is 0.346 e. The summed E-state index contributed by atoms with van der Waals surface area (Å²) in [5.41, 5.74) is 0. The smallest absolute Gasteiger partial charge is 0.205 e. The lowest BCUT2D eigenvalue weighted by molar-refractivity contribution is 0.707. The number of rotatable bonds is 7.